The van der Waals surface area contributed by atoms with Gasteiger partial charge in [0, 0.05) is 6.61 Å². The number of hydrogen-bond donors (Lipinski definition) is 1. The summed E-state index contributed by atoms with van der Waals surface area (Å²) in [5, 5.41) is 8.87. The highest BCUT2D eigenvalue weighted by atomic mass is 16.5. The molecule has 1 aliphatic carbocycles. The minimum atomic E-state index is 0.274. The molecule has 3 heteroatoms. The first-order valence-electron chi connectivity index (χ1n) is 5.23. The van der Waals surface area contributed by atoms with Crippen LogP contribution in [0.15, 0.2) is 24.3 Å². The van der Waals surface area contributed by atoms with Crippen molar-refractivity contribution in [1.29, 1.82) is 0 Å². The standard InChI is InChI=1S/C12H16O3/c1-14-10-2-4-11(5-3-10)15-12-6-9(7-12)8-13/h2-5,9,12-13H,6-8H2,1H3. The molecular weight excluding hydrogens is 192 g/mol. The number of hydrogen-bond acceptors (Lipinski definition) is 3. The van der Waals surface area contributed by atoms with Gasteiger partial charge in [-0.15, -0.1) is 0 Å². The monoisotopic (exact) mass is 208 g/mol. The van der Waals surface area contributed by atoms with Crippen LogP contribution in [0.25, 0.3) is 0 Å². The van der Waals surface area contributed by atoms with E-state index in [1.54, 1.807) is 7.11 Å². The number of aliphatic hydroxyl groups is 1. The summed E-state index contributed by atoms with van der Waals surface area (Å²) in [5.74, 6) is 2.15. The quantitative estimate of drug-likeness (QED) is 0.820. The van der Waals surface area contributed by atoms with Crippen LogP contribution >= 0.6 is 0 Å². The van der Waals surface area contributed by atoms with Crippen molar-refractivity contribution in [2.24, 2.45) is 5.92 Å². The van der Waals surface area contributed by atoms with E-state index in [9.17, 15) is 0 Å². The van der Waals surface area contributed by atoms with Crippen molar-refractivity contribution in [2.75, 3.05) is 13.7 Å². The molecule has 3 nitrogen and oxygen atoms in total. The van der Waals surface area contributed by atoms with Crippen LogP contribution in [0.5, 0.6) is 11.5 Å². The lowest BCUT2D eigenvalue weighted by Crippen LogP contribution is -2.35. The zero-order chi connectivity index (χ0) is 10.7. The number of ether oxygens (including phenoxy) is 2. The van der Waals surface area contributed by atoms with Crippen molar-refractivity contribution in [3.63, 3.8) is 0 Å². The number of methoxy groups -OCH3 is 1. The summed E-state index contributed by atoms with van der Waals surface area (Å²) in [6.45, 7) is 0.280. The molecule has 0 saturated heterocycles. The topological polar surface area (TPSA) is 38.7 Å². The number of benzene rings is 1. The zero-order valence-electron chi connectivity index (χ0n) is 8.85. The fourth-order valence-corrected chi connectivity index (χ4v) is 1.77. The third kappa shape index (κ3) is 2.42. The average Bonchev–Trinajstić information content (AvgIpc) is 2.23. The van der Waals surface area contributed by atoms with Gasteiger partial charge in [0.2, 0.25) is 0 Å². The van der Waals surface area contributed by atoms with E-state index in [2.05, 4.69) is 0 Å². The first kappa shape index (κ1) is 10.3. The van der Waals surface area contributed by atoms with Crippen LogP contribution in [0.1, 0.15) is 12.8 Å². The Morgan fingerprint density at radius 1 is 1.20 bits per heavy atom. The SMILES string of the molecule is COc1ccc(OC2CC(CO)C2)cc1. The molecular formula is C12H16O3. The molecule has 0 heterocycles. The van der Waals surface area contributed by atoms with E-state index in [0.29, 0.717) is 5.92 Å². The van der Waals surface area contributed by atoms with E-state index in [1.165, 1.54) is 0 Å². The molecule has 1 fully saturated rings. The van der Waals surface area contributed by atoms with Crippen molar-refractivity contribution < 1.29 is 14.6 Å². The summed E-state index contributed by atoms with van der Waals surface area (Å²) >= 11 is 0. The molecule has 1 aliphatic rings. The van der Waals surface area contributed by atoms with E-state index in [1.807, 2.05) is 24.3 Å². The van der Waals surface area contributed by atoms with Gasteiger partial charge in [-0.25, -0.2) is 0 Å². The van der Waals surface area contributed by atoms with Gasteiger partial charge in [0.1, 0.15) is 11.5 Å². The van der Waals surface area contributed by atoms with Gasteiger partial charge in [-0.3, -0.25) is 0 Å². The maximum absolute atomic E-state index is 8.87. The van der Waals surface area contributed by atoms with Gasteiger partial charge in [0.05, 0.1) is 13.2 Å². The van der Waals surface area contributed by atoms with E-state index >= 15 is 0 Å². The lowest BCUT2D eigenvalue weighted by molar-refractivity contribution is 0.0324. The Kier molecular flexibility index (Phi) is 3.11. The Morgan fingerprint density at radius 2 is 1.80 bits per heavy atom. The molecule has 82 valence electrons. The first-order chi connectivity index (χ1) is 7.31. The van der Waals surface area contributed by atoms with E-state index in [0.717, 1.165) is 24.3 Å². The molecule has 0 bridgehead atoms. The minimum absolute atomic E-state index is 0.274. The summed E-state index contributed by atoms with van der Waals surface area (Å²) in [6.07, 6.45) is 2.20. The predicted molar refractivity (Wildman–Crippen MR) is 57.2 cm³/mol. The van der Waals surface area contributed by atoms with Gasteiger partial charge in [-0.05, 0) is 43.0 Å². The lowest BCUT2D eigenvalue weighted by Gasteiger charge is -2.34. The molecule has 0 spiro atoms. The molecule has 0 atom stereocenters. The van der Waals surface area contributed by atoms with Crippen molar-refractivity contribution in [1.82, 2.24) is 0 Å². The van der Waals surface area contributed by atoms with Crippen LogP contribution in [-0.2, 0) is 0 Å². The predicted octanol–water partition coefficient (Wildman–Crippen LogP) is 1.84. The maximum atomic E-state index is 8.87. The molecule has 0 aromatic heterocycles. The molecule has 1 saturated carbocycles. The molecule has 0 radical (unpaired) electrons. The Balaban J connectivity index is 1.84. The van der Waals surface area contributed by atoms with Crippen LogP contribution in [0, 0.1) is 5.92 Å². The largest absolute Gasteiger partial charge is 0.497 e. The highest BCUT2D eigenvalue weighted by Gasteiger charge is 2.29. The maximum Gasteiger partial charge on any atom is 0.119 e. The normalized spacial score (nSPS) is 24.4. The summed E-state index contributed by atoms with van der Waals surface area (Å²) in [5.41, 5.74) is 0. The van der Waals surface area contributed by atoms with Crippen molar-refractivity contribution in [2.45, 2.75) is 18.9 Å². The number of aliphatic hydroxyl groups excluding tert-OH is 1. The second kappa shape index (κ2) is 4.53. The van der Waals surface area contributed by atoms with E-state index in [4.69, 9.17) is 14.6 Å². The zero-order valence-corrected chi connectivity index (χ0v) is 8.85. The fraction of sp³-hybridized carbons (Fsp3) is 0.500. The Hall–Kier alpha value is -1.22. The molecule has 15 heavy (non-hydrogen) atoms. The van der Waals surface area contributed by atoms with Crippen LogP contribution in [0.2, 0.25) is 0 Å². The average molecular weight is 208 g/mol. The Labute approximate surface area is 89.6 Å². The van der Waals surface area contributed by atoms with Gasteiger partial charge >= 0.3 is 0 Å². The van der Waals surface area contributed by atoms with Crippen LogP contribution in [-0.4, -0.2) is 24.9 Å². The summed E-state index contributed by atoms with van der Waals surface area (Å²) in [7, 11) is 1.65. The Bertz CT molecular complexity index is 301. The molecule has 0 amide bonds. The second-order valence-electron chi connectivity index (χ2n) is 3.94. The smallest absolute Gasteiger partial charge is 0.119 e. The van der Waals surface area contributed by atoms with Crippen molar-refractivity contribution in [3.05, 3.63) is 24.3 Å². The molecule has 2 rings (SSSR count). The van der Waals surface area contributed by atoms with E-state index in [-0.39, 0.29) is 12.7 Å². The van der Waals surface area contributed by atoms with Gasteiger partial charge in [-0.1, -0.05) is 0 Å². The third-order valence-electron chi connectivity index (χ3n) is 2.81. The summed E-state index contributed by atoms with van der Waals surface area (Å²) in [4.78, 5) is 0. The van der Waals surface area contributed by atoms with Crippen molar-refractivity contribution in [3.8, 4) is 11.5 Å². The molecule has 1 N–H and O–H groups in total. The van der Waals surface area contributed by atoms with Gasteiger partial charge in [0.15, 0.2) is 0 Å². The first-order valence-corrected chi connectivity index (χ1v) is 5.23. The highest BCUT2D eigenvalue weighted by molar-refractivity contribution is 5.31. The van der Waals surface area contributed by atoms with Gasteiger partial charge < -0.3 is 14.6 Å². The second-order valence-corrected chi connectivity index (χ2v) is 3.94. The summed E-state index contributed by atoms with van der Waals surface area (Å²) in [6, 6.07) is 7.59. The third-order valence-corrected chi connectivity index (χ3v) is 2.81. The summed E-state index contributed by atoms with van der Waals surface area (Å²) < 4.78 is 10.8. The molecule has 1 aromatic rings. The van der Waals surface area contributed by atoms with Gasteiger partial charge in [0.25, 0.3) is 0 Å². The molecule has 0 aliphatic heterocycles. The van der Waals surface area contributed by atoms with Crippen LogP contribution < -0.4 is 9.47 Å². The van der Waals surface area contributed by atoms with E-state index < -0.39 is 0 Å². The fourth-order valence-electron chi connectivity index (χ4n) is 1.77. The Morgan fingerprint density at radius 3 is 2.33 bits per heavy atom. The van der Waals surface area contributed by atoms with Crippen molar-refractivity contribution >= 4 is 0 Å². The van der Waals surface area contributed by atoms with Crippen LogP contribution in [0.3, 0.4) is 0 Å². The van der Waals surface area contributed by atoms with Gasteiger partial charge in [-0.2, -0.15) is 0 Å². The molecule has 0 unspecified atom stereocenters. The number of rotatable bonds is 4. The highest BCUT2D eigenvalue weighted by Crippen LogP contribution is 2.31. The minimum Gasteiger partial charge on any atom is -0.497 e. The lowest BCUT2D eigenvalue weighted by atomic mass is 9.83. The van der Waals surface area contributed by atoms with Crippen LogP contribution in [0.4, 0.5) is 0 Å². The molecule has 1 aromatic carbocycles.